The van der Waals surface area contributed by atoms with Gasteiger partial charge in [0, 0.05) is 36.0 Å². The molecule has 6 nitrogen and oxygen atoms in total. The highest BCUT2D eigenvalue weighted by atomic mass is 16.5. The zero-order valence-electron chi connectivity index (χ0n) is 15.7. The third-order valence-corrected chi connectivity index (χ3v) is 5.18. The SMILES string of the molecule is O=C(CCCOc1ccc2[nH]c(=O)ccc2c1)N(CCO)C1CCCCC1. The maximum absolute atomic E-state index is 12.6. The van der Waals surface area contributed by atoms with E-state index < -0.39 is 0 Å². The first-order valence-electron chi connectivity index (χ1n) is 9.83. The predicted octanol–water partition coefficient (Wildman–Crippen LogP) is 2.84. The molecule has 0 spiro atoms. The van der Waals surface area contributed by atoms with Crippen molar-refractivity contribution in [3.63, 3.8) is 0 Å². The maximum atomic E-state index is 12.6. The van der Waals surface area contributed by atoms with Crippen LogP contribution in [-0.4, -0.2) is 46.7 Å². The Morgan fingerprint density at radius 2 is 2.00 bits per heavy atom. The van der Waals surface area contributed by atoms with Crippen LogP contribution in [0, 0.1) is 0 Å². The maximum Gasteiger partial charge on any atom is 0.248 e. The van der Waals surface area contributed by atoms with Crippen molar-refractivity contribution in [2.45, 2.75) is 51.0 Å². The number of hydrogen-bond donors (Lipinski definition) is 2. The molecule has 1 aromatic heterocycles. The van der Waals surface area contributed by atoms with Crippen LogP contribution in [0.4, 0.5) is 0 Å². The molecule has 2 N–H and O–H groups in total. The second kappa shape index (κ2) is 9.55. The molecule has 0 saturated heterocycles. The van der Waals surface area contributed by atoms with Gasteiger partial charge in [-0.05, 0) is 43.5 Å². The van der Waals surface area contributed by atoms with Crippen molar-refractivity contribution in [2.24, 2.45) is 0 Å². The number of pyridine rings is 1. The molecule has 0 bridgehead atoms. The van der Waals surface area contributed by atoms with E-state index in [9.17, 15) is 14.7 Å². The van der Waals surface area contributed by atoms with Gasteiger partial charge >= 0.3 is 0 Å². The number of rotatable bonds is 8. The number of aromatic nitrogens is 1. The molecule has 1 aliphatic carbocycles. The number of benzene rings is 1. The minimum absolute atomic E-state index is 0.0118. The fraction of sp³-hybridized carbons (Fsp3) is 0.524. The smallest absolute Gasteiger partial charge is 0.248 e. The zero-order valence-corrected chi connectivity index (χ0v) is 15.7. The number of fused-ring (bicyclic) bond motifs is 1. The van der Waals surface area contributed by atoms with Gasteiger partial charge in [0.05, 0.1) is 13.2 Å². The van der Waals surface area contributed by atoms with Crippen LogP contribution in [0.2, 0.25) is 0 Å². The number of nitrogens with one attached hydrogen (secondary N) is 1. The van der Waals surface area contributed by atoms with Gasteiger partial charge in [0.1, 0.15) is 5.75 Å². The molecule has 0 radical (unpaired) electrons. The zero-order chi connectivity index (χ0) is 19.1. The fourth-order valence-corrected chi connectivity index (χ4v) is 3.79. The Labute approximate surface area is 159 Å². The minimum Gasteiger partial charge on any atom is -0.494 e. The third kappa shape index (κ3) is 5.32. The Balaban J connectivity index is 1.48. The number of amides is 1. The van der Waals surface area contributed by atoms with Gasteiger partial charge in [-0.2, -0.15) is 0 Å². The second-order valence-corrected chi connectivity index (χ2v) is 7.13. The van der Waals surface area contributed by atoms with E-state index in [1.165, 1.54) is 12.5 Å². The second-order valence-electron chi connectivity index (χ2n) is 7.13. The summed E-state index contributed by atoms with van der Waals surface area (Å²) in [5, 5.41) is 10.2. The molecule has 0 unspecified atom stereocenters. The van der Waals surface area contributed by atoms with Crippen molar-refractivity contribution < 1.29 is 14.6 Å². The van der Waals surface area contributed by atoms with Crippen LogP contribution in [0.25, 0.3) is 10.9 Å². The molecule has 0 atom stereocenters. The van der Waals surface area contributed by atoms with E-state index in [1.54, 1.807) is 6.07 Å². The molecule has 1 fully saturated rings. The highest BCUT2D eigenvalue weighted by molar-refractivity contribution is 5.79. The first-order valence-corrected chi connectivity index (χ1v) is 9.83. The van der Waals surface area contributed by atoms with Gasteiger partial charge in [-0.3, -0.25) is 9.59 Å². The number of H-pyrrole nitrogens is 1. The van der Waals surface area contributed by atoms with Crippen molar-refractivity contribution in [3.05, 3.63) is 40.7 Å². The van der Waals surface area contributed by atoms with Gasteiger partial charge in [-0.25, -0.2) is 0 Å². The molecule has 1 saturated carbocycles. The van der Waals surface area contributed by atoms with Crippen molar-refractivity contribution in [2.75, 3.05) is 19.8 Å². The topological polar surface area (TPSA) is 82.6 Å². The van der Waals surface area contributed by atoms with E-state index in [1.807, 2.05) is 23.1 Å². The van der Waals surface area contributed by atoms with E-state index >= 15 is 0 Å². The van der Waals surface area contributed by atoms with Crippen molar-refractivity contribution in [1.29, 1.82) is 0 Å². The Bertz CT molecular complexity index is 811. The quantitative estimate of drug-likeness (QED) is 0.698. The Hall–Kier alpha value is -2.34. The first kappa shape index (κ1) is 19.4. The Morgan fingerprint density at radius 1 is 1.19 bits per heavy atom. The van der Waals surface area contributed by atoms with E-state index in [4.69, 9.17) is 4.74 Å². The van der Waals surface area contributed by atoms with Crippen LogP contribution in [0.3, 0.4) is 0 Å². The van der Waals surface area contributed by atoms with Gasteiger partial charge in [0.25, 0.3) is 0 Å². The summed E-state index contributed by atoms with van der Waals surface area (Å²) in [5.41, 5.74) is 0.650. The van der Waals surface area contributed by atoms with Gasteiger partial charge < -0.3 is 19.7 Å². The van der Waals surface area contributed by atoms with E-state index in [0.29, 0.717) is 26.0 Å². The van der Waals surface area contributed by atoms with E-state index in [-0.39, 0.29) is 24.1 Å². The number of ether oxygens (including phenoxy) is 1. The summed E-state index contributed by atoms with van der Waals surface area (Å²) in [7, 11) is 0. The monoisotopic (exact) mass is 372 g/mol. The number of carbonyl (C=O) groups is 1. The van der Waals surface area contributed by atoms with Gasteiger partial charge in [-0.15, -0.1) is 0 Å². The van der Waals surface area contributed by atoms with Crippen LogP contribution in [0.1, 0.15) is 44.9 Å². The largest absolute Gasteiger partial charge is 0.494 e. The average Bonchev–Trinajstić information content (AvgIpc) is 2.70. The molecule has 1 aliphatic rings. The number of carbonyl (C=O) groups excluding carboxylic acids is 1. The predicted molar refractivity (Wildman–Crippen MR) is 105 cm³/mol. The lowest BCUT2D eigenvalue weighted by Gasteiger charge is -2.34. The summed E-state index contributed by atoms with van der Waals surface area (Å²) in [5.74, 6) is 0.831. The molecule has 1 amide bonds. The molecule has 0 aliphatic heterocycles. The Morgan fingerprint density at radius 3 is 2.78 bits per heavy atom. The van der Waals surface area contributed by atoms with Crippen molar-refractivity contribution in [3.8, 4) is 5.75 Å². The molecule has 1 aromatic carbocycles. The van der Waals surface area contributed by atoms with Crippen LogP contribution in [0.15, 0.2) is 35.1 Å². The highest BCUT2D eigenvalue weighted by Crippen LogP contribution is 2.23. The molecule has 27 heavy (non-hydrogen) atoms. The van der Waals surface area contributed by atoms with Gasteiger partial charge in [0.15, 0.2) is 0 Å². The number of aliphatic hydroxyl groups excluding tert-OH is 1. The summed E-state index contributed by atoms with van der Waals surface area (Å²) >= 11 is 0. The molecule has 146 valence electrons. The van der Waals surface area contributed by atoms with Gasteiger partial charge in [-0.1, -0.05) is 19.3 Å². The molecule has 3 rings (SSSR count). The lowest BCUT2D eigenvalue weighted by molar-refractivity contribution is -0.135. The lowest BCUT2D eigenvalue weighted by atomic mass is 9.94. The third-order valence-electron chi connectivity index (χ3n) is 5.18. The normalized spacial score (nSPS) is 15.0. The molecular formula is C21H28N2O4. The molecular weight excluding hydrogens is 344 g/mol. The average molecular weight is 372 g/mol. The number of aliphatic hydroxyl groups is 1. The molecule has 1 heterocycles. The van der Waals surface area contributed by atoms with Crippen molar-refractivity contribution >= 4 is 16.8 Å². The summed E-state index contributed by atoms with van der Waals surface area (Å²) in [4.78, 5) is 28.5. The standard InChI is InChI=1S/C21H28N2O4/c24-13-12-23(17-5-2-1-3-6-17)21(26)7-4-14-27-18-9-10-19-16(15-18)8-11-20(25)22-19/h8-11,15,17,24H,1-7,12-14H2,(H,22,25). The highest BCUT2D eigenvalue weighted by Gasteiger charge is 2.24. The van der Waals surface area contributed by atoms with Crippen molar-refractivity contribution in [1.82, 2.24) is 9.88 Å². The van der Waals surface area contributed by atoms with Gasteiger partial charge in [0.2, 0.25) is 11.5 Å². The minimum atomic E-state index is -0.125. The number of aromatic amines is 1. The lowest BCUT2D eigenvalue weighted by Crippen LogP contribution is -2.43. The summed E-state index contributed by atoms with van der Waals surface area (Å²) in [6.45, 7) is 0.892. The van der Waals surface area contributed by atoms with E-state index in [0.717, 1.165) is 42.3 Å². The fourth-order valence-electron chi connectivity index (χ4n) is 3.79. The van der Waals surface area contributed by atoms with Crippen LogP contribution >= 0.6 is 0 Å². The Kier molecular flexibility index (Phi) is 6.87. The number of hydrogen-bond acceptors (Lipinski definition) is 4. The summed E-state index contributed by atoms with van der Waals surface area (Å²) in [6.07, 6.45) is 6.72. The molecule has 6 heteroatoms. The molecule has 2 aromatic rings. The van der Waals surface area contributed by atoms with Crippen LogP contribution in [-0.2, 0) is 4.79 Å². The van der Waals surface area contributed by atoms with Crippen LogP contribution < -0.4 is 10.3 Å². The summed E-state index contributed by atoms with van der Waals surface area (Å²) < 4.78 is 5.77. The van der Waals surface area contributed by atoms with E-state index in [2.05, 4.69) is 4.98 Å². The summed E-state index contributed by atoms with van der Waals surface area (Å²) in [6, 6.07) is 9.06. The number of nitrogens with zero attached hydrogens (tertiary/aromatic N) is 1. The van der Waals surface area contributed by atoms with Crippen LogP contribution in [0.5, 0.6) is 5.75 Å². The first-order chi connectivity index (χ1) is 13.2.